The van der Waals surface area contributed by atoms with Gasteiger partial charge in [-0.3, -0.25) is 0 Å². The first-order valence-corrected chi connectivity index (χ1v) is 13.9. The topological polar surface area (TPSA) is 35.5 Å². The molecule has 0 heterocycles. The highest BCUT2D eigenvalue weighted by molar-refractivity contribution is 7.99. The molecule has 0 aromatic heterocycles. The zero-order chi connectivity index (χ0) is 26.9. The number of ether oxygens (including phenoxy) is 2. The summed E-state index contributed by atoms with van der Waals surface area (Å²) < 4.78 is 10.7. The Morgan fingerprint density at radius 1 is 0.641 bits per heavy atom. The summed E-state index contributed by atoms with van der Waals surface area (Å²) >= 11 is 1.83. The van der Waals surface area contributed by atoms with Crippen LogP contribution in [0.5, 0.6) is 5.75 Å². The fourth-order valence-electron chi connectivity index (χ4n) is 4.76. The Hall–Kier alpha value is -4.28. The first-order valence-electron chi connectivity index (χ1n) is 12.9. The van der Waals surface area contributed by atoms with Crippen molar-refractivity contribution in [3.63, 3.8) is 0 Å². The molecule has 5 rings (SSSR count). The summed E-state index contributed by atoms with van der Waals surface area (Å²) in [5.41, 5.74) is 6.07. The molecule has 5 aromatic rings. The van der Waals surface area contributed by atoms with Gasteiger partial charge in [-0.15, -0.1) is 11.8 Å². The number of methoxy groups -OCH3 is 1. The fourth-order valence-corrected chi connectivity index (χ4v) is 6.23. The van der Waals surface area contributed by atoms with Gasteiger partial charge in [0.1, 0.15) is 17.9 Å². The highest BCUT2D eigenvalue weighted by Crippen LogP contribution is 2.49. The average molecular weight is 531 g/mol. The highest BCUT2D eigenvalue weighted by atomic mass is 32.2. The maximum atomic E-state index is 12.8. The van der Waals surface area contributed by atoms with Crippen LogP contribution in [0.4, 0.5) is 0 Å². The van der Waals surface area contributed by atoms with Crippen LogP contribution in [-0.2, 0) is 21.8 Å². The van der Waals surface area contributed by atoms with Gasteiger partial charge in [0, 0.05) is 5.75 Å². The van der Waals surface area contributed by atoms with Gasteiger partial charge in [0.25, 0.3) is 0 Å². The minimum Gasteiger partial charge on any atom is -0.488 e. The third kappa shape index (κ3) is 5.92. The Morgan fingerprint density at radius 2 is 1.13 bits per heavy atom. The van der Waals surface area contributed by atoms with Crippen molar-refractivity contribution >= 4 is 17.7 Å². The van der Waals surface area contributed by atoms with Crippen LogP contribution in [0.3, 0.4) is 0 Å². The smallest absolute Gasteiger partial charge is 0.341 e. The summed E-state index contributed by atoms with van der Waals surface area (Å²) in [7, 11) is 1.40. The molecule has 0 bridgehead atoms. The molecule has 194 valence electrons. The maximum Gasteiger partial charge on any atom is 0.341 e. The molecule has 0 N–H and O–H groups in total. The Bertz CT molecular complexity index is 1390. The van der Waals surface area contributed by atoms with Crippen molar-refractivity contribution in [2.45, 2.75) is 17.1 Å². The molecule has 0 amide bonds. The predicted molar refractivity (Wildman–Crippen MR) is 159 cm³/mol. The van der Waals surface area contributed by atoms with E-state index in [1.165, 1.54) is 23.8 Å². The van der Waals surface area contributed by atoms with Gasteiger partial charge < -0.3 is 9.47 Å². The van der Waals surface area contributed by atoms with Crippen LogP contribution in [0.2, 0.25) is 0 Å². The van der Waals surface area contributed by atoms with Crippen molar-refractivity contribution in [2.75, 3.05) is 7.11 Å². The molecule has 0 aliphatic carbocycles. The molecule has 4 heteroatoms. The van der Waals surface area contributed by atoms with Gasteiger partial charge in [-0.2, -0.15) is 0 Å². The second kappa shape index (κ2) is 12.5. The molecular formula is C35H30O3S. The largest absolute Gasteiger partial charge is 0.488 e. The lowest BCUT2D eigenvalue weighted by Gasteiger charge is -2.35. The number of hydrogen-bond donors (Lipinski definition) is 0. The zero-order valence-electron chi connectivity index (χ0n) is 21.8. The SMILES string of the molecule is COC(=O)c1cc(CSC(c2ccccc2)(c2ccccc2)c2ccccc2)ccc1OCc1ccccc1. The third-order valence-corrected chi connectivity index (χ3v) is 8.30. The third-order valence-electron chi connectivity index (χ3n) is 6.68. The lowest BCUT2D eigenvalue weighted by Crippen LogP contribution is -2.25. The predicted octanol–water partition coefficient (Wildman–Crippen LogP) is 8.28. The maximum absolute atomic E-state index is 12.8. The summed E-state index contributed by atoms with van der Waals surface area (Å²) in [4.78, 5) is 12.8. The average Bonchev–Trinajstić information content (AvgIpc) is 3.02. The van der Waals surface area contributed by atoms with Crippen molar-refractivity contribution in [1.82, 2.24) is 0 Å². The summed E-state index contributed by atoms with van der Waals surface area (Å²) in [5.74, 6) is 0.770. The summed E-state index contributed by atoms with van der Waals surface area (Å²) in [6, 6.07) is 47.5. The molecule has 0 unspecified atom stereocenters. The van der Waals surface area contributed by atoms with E-state index in [0.717, 1.165) is 11.1 Å². The number of thioether (sulfide) groups is 1. The van der Waals surface area contributed by atoms with E-state index in [9.17, 15) is 4.79 Å². The van der Waals surface area contributed by atoms with Gasteiger partial charge in [-0.05, 0) is 39.9 Å². The minimum absolute atomic E-state index is 0.373. The first-order chi connectivity index (χ1) is 19.2. The normalized spacial score (nSPS) is 11.1. The van der Waals surface area contributed by atoms with Crippen molar-refractivity contribution in [2.24, 2.45) is 0 Å². The van der Waals surface area contributed by atoms with Gasteiger partial charge in [0.15, 0.2) is 0 Å². The van der Waals surface area contributed by atoms with E-state index in [-0.39, 0.29) is 0 Å². The standard InChI is InChI=1S/C35H30O3S/c1-37-34(36)32-24-28(22-23-33(32)38-25-27-14-6-2-7-15-27)26-39-35(29-16-8-3-9-17-29,30-18-10-4-11-19-30)31-20-12-5-13-21-31/h2-24H,25-26H2,1H3. The quantitative estimate of drug-likeness (QED) is 0.134. The van der Waals surface area contributed by atoms with E-state index in [4.69, 9.17) is 9.47 Å². The molecule has 0 saturated carbocycles. The van der Waals surface area contributed by atoms with Crippen LogP contribution < -0.4 is 4.74 Å². The minimum atomic E-state index is -0.447. The summed E-state index contributed by atoms with van der Waals surface area (Å²) in [6.07, 6.45) is 0. The van der Waals surface area contributed by atoms with Crippen molar-refractivity contribution in [3.8, 4) is 5.75 Å². The molecule has 5 aromatic carbocycles. The molecular weight excluding hydrogens is 500 g/mol. The van der Waals surface area contributed by atoms with E-state index in [0.29, 0.717) is 23.7 Å². The van der Waals surface area contributed by atoms with Crippen LogP contribution in [-0.4, -0.2) is 13.1 Å². The lowest BCUT2D eigenvalue weighted by molar-refractivity contribution is 0.0595. The summed E-state index contributed by atoms with van der Waals surface area (Å²) in [5, 5.41) is 0. The Morgan fingerprint density at radius 3 is 1.62 bits per heavy atom. The number of rotatable bonds is 10. The number of esters is 1. The Balaban J connectivity index is 1.51. The molecule has 0 atom stereocenters. The van der Waals surface area contributed by atoms with Gasteiger partial charge in [-0.1, -0.05) is 127 Å². The van der Waals surface area contributed by atoms with Crippen LogP contribution in [0, 0.1) is 0 Å². The van der Waals surface area contributed by atoms with E-state index >= 15 is 0 Å². The van der Waals surface area contributed by atoms with Gasteiger partial charge in [0.2, 0.25) is 0 Å². The lowest BCUT2D eigenvalue weighted by atomic mass is 9.84. The van der Waals surface area contributed by atoms with Crippen molar-refractivity contribution < 1.29 is 14.3 Å². The monoisotopic (exact) mass is 530 g/mol. The van der Waals surface area contributed by atoms with Crippen LogP contribution >= 0.6 is 11.8 Å². The fraction of sp³-hybridized carbons (Fsp3) is 0.114. The van der Waals surface area contributed by atoms with E-state index in [2.05, 4.69) is 72.8 Å². The molecule has 0 aliphatic rings. The van der Waals surface area contributed by atoms with Gasteiger partial charge >= 0.3 is 5.97 Å². The number of carbonyl (C=O) groups is 1. The van der Waals surface area contributed by atoms with Crippen LogP contribution in [0.15, 0.2) is 140 Å². The number of hydrogen-bond acceptors (Lipinski definition) is 4. The first kappa shape index (κ1) is 26.3. The molecule has 0 spiro atoms. The van der Waals surface area contributed by atoms with Gasteiger partial charge in [0.05, 0.1) is 11.9 Å². The van der Waals surface area contributed by atoms with Gasteiger partial charge in [-0.25, -0.2) is 4.79 Å². The Labute approximate surface area is 234 Å². The highest BCUT2D eigenvalue weighted by Gasteiger charge is 2.36. The van der Waals surface area contributed by atoms with E-state index < -0.39 is 10.7 Å². The molecule has 0 radical (unpaired) electrons. The number of carbonyl (C=O) groups excluding carboxylic acids is 1. The van der Waals surface area contributed by atoms with E-state index in [1.54, 1.807) is 0 Å². The van der Waals surface area contributed by atoms with Crippen molar-refractivity contribution in [1.29, 1.82) is 0 Å². The zero-order valence-corrected chi connectivity index (χ0v) is 22.6. The molecule has 0 saturated heterocycles. The molecule has 0 aliphatic heterocycles. The second-order valence-electron chi connectivity index (χ2n) is 9.16. The summed E-state index contributed by atoms with van der Waals surface area (Å²) in [6.45, 7) is 0.373. The number of benzene rings is 5. The second-order valence-corrected chi connectivity index (χ2v) is 10.4. The Kier molecular flexibility index (Phi) is 8.45. The van der Waals surface area contributed by atoms with Crippen LogP contribution in [0.25, 0.3) is 0 Å². The molecule has 0 fully saturated rings. The molecule has 39 heavy (non-hydrogen) atoms. The van der Waals surface area contributed by atoms with Crippen LogP contribution in [0.1, 0.15) is 38.2 Å². The van der Waals surface area contributed by atoms with E-state index in [1.807, 2.05) is 78.5 Å². The molecule has 3 nitrogen and oxygen atoms in total. The van der Waals surface area contributed by atoms with Crippen molar-refractivity contribution in [3.05, 3.63) is 173 Å².